The maximum atomic E-state index is 12.6. The Hall–Kier alpha value is -2.15. The van der Waals surface area contributed by atoms with Gasteiger partial charge in [0.2, 0.25) is 5.91 Å². The van der Waals surface area contributed by atoms with E-state index in [1.54, 1.807) is 0 Å². The number of hydrogen-bond acceptors (Lipinski definition) is 5. The molecule has 7 heteroatoms. The molecule has 0 rings (SSSR count). The average molecular weight is 649 g/mol. The summed E-state index contributed by atoms with van der Waals surface area (Å²) in [6, 6.07) is -0.871. The van der Waals surface area contributed by atoms with Gasteiger partial charge in [-0.05, 0) is 70.4 Å². The Morgan fingerprint density at radius 3 is 1.78 bits per heavy atom. The zero-order valence-corrected chi connectivity index (χ0v) is 29.9. The van der Waals surface area contributed by atoms with E-state index in [9.17, 15) is 19.5 Å². The Morgan fingerprint density at radius 1 is 0.652 bits per heavy atom. The lowest BCUT2D eigenvalue weighted by molar-refractivity contribution is -0.147. The number of hydrogen-bond donors (Lipinski definition) is 3. The Labute approximate surface area is 283 Å². The molecule has 0 heterocycles. The predicted octanol–water partition coefficient (Wildman–Crippen LogP) is 10.1. The summed E-state index contributed by atoms with van der Waals surface area (Å²) >= 11 is 0. The van der Waals surface area contributed by atoms with Crippen LogP contribution < -0.4 is 11.1 Å². The second-order valence-electron chi connectivity index (χ2n) is 13.0. The van der Waals surface area contributed by atoms with Gasteiger partial charge in [-0.15, -0.1) is 0 Å². The maximum Gasteiger partial charge on any atom is 0.326 e. The van der Waals surface area contributed by atoms with Crippen LogP contribution in [0.1, 0.15) is 187 Å². The highest BCUT2D eigenvalue weighted by molar-refractivity contribution is 5.83. The van der Waals surface area contributed by atoms with Gasteiger partial charge in [-0.2, -0.15) is 0 Å². The van der Waals surface area contributed by atoms with E-state index in [4.69, 9.17) is 10.5 Å². The summed E-state index contributed by atoms with van der Waals surface area (Å²) in [7, 11) is 0. The Kier molecular flexibility index (Phi) is 32.6. The van der Waals surface area contributed by atoms with E-state index in [1.807, 2.05) is 6.08 Å². The number of unbranched alkanes of at least 4 members (excludes halogenated alkanes) is 18. The standard InChI is InChI=1S/C39H72N2O5/c1-3-5-7-9-11-13-14-15-17-19-21-27-33-38(43)46-35(29-24-20-18-16-12-10-8-6-4-2)30-25-22-23-26-32-37(42)41-36(39(44)45)31-28-34-40/h16,18,24,29,35-36H,3-15,17,19-23,25-28,30-34,40H2,1-2H3,(H,41,42)(H,44,45)/b18-16-,29-24-. The lowest BCUT2D eigenvalue weighted by Crippen LogP contribution is -2.40. The summed E-state index contributed by atoms with van der Waals surface area (Å²) in [4.78, 5) is 36.2. The first-order chi connectivity index (χ1) is 22.4. The van der Waals surface area contributed by atoms with Crippen LogP contribution in [0.15, 0.2) is 24.3 Å². The first kappa shape index (κ1) is 43.9. The van der Waals surface area contributed by atoms with Crippen molar-refractivity contribution in [2.45, 2.75) is 199 Å². The molecule has 2 atom stereocenters. The summed E-state index contributed by atoms with van der Waals surface area (Å²) in [5, 5.41) is 11.9. The third-order valence-electron chi connectivity index (χ3n) is 8.50. The first-order valence-electron chi connectivity index (χ1n) is 19.2. The molecule has 0 aromatic carbocycles. The molecule has 4 N–H and O–H groups in total. The molecule has 0 aliphatic rings. The normalized spacial score (nSPS) is 12.9. The fourth-order valence-corrected chi connectivity index (χ4v) is 5.57. The molecular weight excluding hydrogens is 576 g/mol. The van der Waals surface area contributed by atoms with Gasteiger partial charge in [-0.3, -0.25) is 9.59 Å². The third-order valence-corrected chi connectivity index (χ3v) is 8.50. The molecule has 268 valence electrons. The van der Waals surface area contributed by atoms with E-state index in [-0.39, 0.29) is 18.0 Å². The molecule has 0 radical (unpaired) electrons. The second-order valence-corrected chi connectivity index (χ2v) is 13.0. The molecule has 0 aliphatic heterocycles. The van der Waals surface area contributed by atoms with E-state index in [1.165, 1.54) is 89.9 Å². The molecule has 7 nitrogen and oxygen atoms in total. The van der Waals surface area contributed by atoms with Gasteiger partial charge in [0.25, 0.3) is 0 Å². The van der Waals surface area contributed by atoms with Crippen LogP contribution in [0.5, 0.6) is 0 Å². The van der Waals surface area contributed by atoms with Gasteiger partial charge in [0.1, 0.15) is 12.1 Å². The lowest BCUT2D eigenvalue weighted by Gasteiger charge is -2.15. The molecule has 0 aromatic rings. The van der Waals surface area contributed by atoms with Gasteiger partial charge in [-0.25, -0.2) is 4.79 Å². The second kappa shape index (κ2) is 34.2. The van der Waals surface area contributed by atoms with Crippen molar-refractivity contribution in [3.05, 3.63) is 24.3 Å². The van der Waals surface area contributed by atoms with Crippen LogP contribution in [0.2, 0.25) is 0 Å². The van der Waals surface area contributed by atoms with E-state index in [0.717, 1.165) is 51.4 Å². The van der Waals surface area contributed by atoms with Crippen LogP contribution in [0, 0.1) is 0 Å². The number of nitrogens with one attached hydrogen (secondary N) is 1. The van der Waals surface area contributed by atoms with Gasteiger partial charge in [0.05, 0.1) is 0 Å². The molecule has 0 bridgehead atoms. The summed E-state index contributed by atoms with van der Waals surface area (Å²) in [5.74, 6) is -1.35. The quantitative estimate of drug-likeness (QED) is 0.0363. The molecule has 0 saturated carbocycles. The van der Waals surface area contributed by atoms with Crippen LogP contribution in [0.25, 0.3) is 0 Å². The van der Waals surface area contributed by atoms with E-state index >= 15 is 0 Å². The molecule has 0 aromatic heterocycles. The molecule has 0 spiro atoms. The minimum atomic E-state index is -1.02. The molecular formula is C39H72N2O5. The van der Waals surface area contributed by atoms with Crippen LogP contribution in [0.3, 0.4) is 0 Å². The zero-order chi connectivity index (χ0) is 33.9. The molecule has 0 fully saturated rings. The number of nitrogens with two attached hydrogens (primary N) is 1. The van der Waals surface area contributed by atoms with Gasteiger partial charge in [0, 0.05) is 12.8 Å². The van der Waals surface area contributed by atoms with E-state index < -0.39 is 12.0 Å². The number of aliphatic carboxylic acids is 1. The average Bonchev–Trinajstić information content (AvgIpc) is 3.04. The van der Waals surface area contributed by atoms with Crippen molar-refractivity contribution in [1.29, 1.82) is 0 Å². The summed E-state index contributed by atoms with van der Waals surface area (Å²) < 4.78 is 5.89. The number of amides is 1. The number of carbonyl (C=O) groups excluding carboxylic acids is 2. The molecule has 2 unspecified atom stereocenters. The fraction of sp³-hybridized carbons (Fsp3) is 0.821. The molecule has 0 saturated heterocycles. The summed E-state index contributed by atoms with van der Waals surface area (Å²) in [6.07, 6.45) is 36.6. The van der Waals surface area contributed by atoms with Crippen molar-refractivity contribution in [3.8, 4) is 0 Å². The van der Waals surface area contributed by atoms with Crippen LogP contribution in [-0.4, -0.2) is 41.6 Å². The predicted molar refractivity (Wildman–Crippen MR) is 193 cm³/mol. The SMILES string of the molecule is CCCCCC/C=C\C/C=C\C(CCCCCCC(=O)NC(CCCN)C(=O)O)OC(=O)CCCCCCCCCCCCCC. The Morgan fingerprint density at radius 2 is 1.20 bits per heavy atom. The highest BCUT2D eigenvalue weighted by atomic mass is 16.5. The van der Waals surface area contributed by atoms with Crippen LogP contribution in [0.4, 0.5) is 0 Å². The van der Waals surface area contributed by atoms with Crippen molar-refractivity contribution in [2.24, 2.45) is 5.73 Å². The molecule has 46 heavy (non-hydrogen) atoms. The number of allylic oxidation sites excluding steroid dienone is 3. The van der Waals surface area contributed by atoms with Gasteiger partial charge >= 0.3 is 11.9 Å². The van der Waals surface area contributed by atoms with E-state index in [0.29, 0.717) is 38.6 Å². The van der Waals surface area contributed by atoms with Crippen molar-refractivity contribution >= 4 is 17.8 Å². The number of ether oxygens (including phenoxy) is 1. The maximum absolute atomic E-state index is 12.6. The third kappa shape index (κ3) is 30.5. The van der Waals surface area contributed by atoms with Gasteiger partial charge in [0.15, 0.2) is 0 Å². The van der Waals surface area contributed by atoms with Crippen molar-refractivity contribution in [2.75, 3.05) is 6.54 Å². The van der Waals surface area contributed by atoms with Crippen molar-refractivity contribution in [3.63, 3.8) is 0 Å². The molecule has 0 aliphatic carbocycles. The largest absolute Gasteiger partial charge is 0.480 e. The number of carboxylic acid groups (broad SMARTS) is 1. The number of carbonyl (C=O) groups is 3. The van der Waals surface area contributed by atoms with Crippen LogP contribution in [-0.2, 0) is 19.1 Å². The Balaban J connectivity index is 4.40. The number of esters is 1. The van der Waals surface area contributed by atoms with E-state index in [2.05, 4.69) is 37.4 Å². The highest BCUT2D eigenvalue weighted by Crippen LogP contribution is 2.15. The minimum Gasteiger partial charge on any atom is -0.480 e. The number of rotatable bonds is 34. The molecule has 1 amide bonds. The monoisotopic (exact) mass is 649 g/mol. The lowest BCUT2D eigenvalue weighted by atomic mass is 10.0. The van der Waals surface area contributed by atoms with Crippen molar-refractivity contribution in [1.82, 2.24) is 5.32 Å². The zero-order valence-electron chi connectivity index (χ0n) is 29.9. The minimum absolute atomic E-state index is 0.104. The topological polar surface area (TPSA) is 119 Å². The summed E-state index contributed by atoms with van der Waals surface area (Å²) in [6.45, 7) is 4.89. The smallest absolute Gasteiger partial charge is 0.326 e. The fourth-order valence-electron chi connectivity index (χ4n) is 5.57. The van der Waals surface area contributed by atoms with Crippen LogP contribution >= 0.6 is 0 Å². The summed E-state index contributed by atoms with van der Waals surface area (Å²) in [5.41, 5.74) is 5.47. The van der Waals surface area contributed by atoms with Gasteiger partial charge in [-0.1, -0.05) is 135 Å². The Bertz CT molecular complexity index is 782. The highest BCUT2D eigenvalue weighted by Gasteiger charge is 2.19. The van der Waals surface area contributed by atoms with Gasteiger partial charge < -0.3 is 20.9 Å². The first-order valence-corrected chi connectivity index (χ1v) is 19.2. The number of carboxylic acids is 1. The van der Waals surface area contributed by atoms with Crippen molar-refractivity contribution < 1.29 is 24.2 Å².